The van der Waals surface area contributed by atoms with Crippen LogP contribution in [-0.2, 0) is 12.8 Å². The minimum atomic E-state index is 0.392. The quantitative estimate of drug-likeness (QED) is 0.538. The number of rotatable bonds is 8. The molecule has 0 aromatic heterocycles. The van der Waals surface area contributed by atoms with Gasteiger partial charge in [0.05, 0.1) is 9.52 Å². The summed E-state index contributed by atoms with van der Waals surface area (Å²) in [6.07, 6.45) is 2.32. The number of phenols is 1. The van der Waals surface area contributed by atoms with E-state index >= 15 is 0 Å². The topological polar surface area (TPSA) is 20.2 Å². The van der Waals surface area contributed by atoms with Gasteiger partial charge in [0.2, 0.25) is 0 Å². The van der Waals surface area contributed by atoms with Crippen molar-refractivity contribution < 1.29 is 5.11 Å². The second kappa shape index (κ2) is 9.33. The minimum Gasteiger partial charge on any atom is -0.507 e. The maximum Gasteiger partial charge on any atom is 0.129 e. The fourth-order valence-corrected chi connectivity index (χ4v) is 5.46. The molecule has 0 heterocycles. The van der Waals surface area contributed by atoms with Gasteiger partial charge in [-0.1, -0.05) is 63.2 Å². The molecule has 0 saturated heterocycles. The van der Waals surface area contributed by atoms with Crippen molar-refractivity contribution in [1.29, 1.82) is 0 Å². The Kier molecular flexibility index (Phi) is 7.44. The summed E-state index contributed by atoms with van der Waals surface area (Å²) in [5, 5.41) is 12.4. The van der Waals surface area contributed by atoms with E-state index in [1.807, 2.05) is 18.2 Å². The Morgan fingerprint density at radius 2 is 1.62 bits per heavy atom. The molecular weight excluding hydrogens is 328 g/mol. The molecule has 2 aromatic carbocycles. The van der Waals surface area contributed by atoms with Crippen LogP contribution in [-0.4, -0.2) is 20.0 Å². The summed E-state index contributed by atoms with van der Waals surface area (Å²) in [6, 6.07) is 14.4. The molecule has 2 rings (SSSR count). The molecule has 128 valence electrons. The zero-order valence-corrected chi connectivity index (χ0v) is 17.0. The molecular formula is C21H28OSSi. The molecule has 0 saturated carbocycles. The lowest BCUT2D eigenvalue weighted by molar-refractivity contribution is 0.462. The van der Waals surface area contributed by atoms with Gasteiger partial charge in [-0.05, 0) is 53.3 Å². The van der Waals surface area contributed by atoms with Gasteiger partial charge in [0.1, 0.15) is 5.75 Å². The predicted octanol–water partition coefficient (Wildman–Crippen LogP) is 4.87. The van der Waals surface area contributed by atoms with Crippen LogP contribution in [0.25, 0.3) is 0 Å². The molecule has 2 aromatic rings. The first kappa shape index (κ1) is 19.1. The van der Waals surface area contributed by atoms with Crippen LogP contribution in [0.3, 0.4) is 0 Å². The van der Waals surface area contributed by atoms with Crippen LogP contribution < -0.4 is 5.19 Å². The smallest absolute Gasteiger partial charge is 0.129 e. The van der Waals surface area contributed by atoms with Crippen LogP contribution in [0.1, 0.15) is 38.8 Å². The van der Waals surface area contributed by atoms with Gasteiger partial charge in [-0.15, -0.1) is 11.8 Å². The number of benzene rings is 2. The monoisotopic (exact) mass is 356 g/mol. The van der Waals surface area contributed by atoms with Crippen molar-refractivity contribution in [3.63, 3.8) is 0 Å². The maximum absolute atomic E-state index is 9.91. The molecule has 0 aliphatic rings. The predicted molar refractivity (Wildman–Crippen MR) is 108 cm³/mol. The highest BCUT2D eigenvalue weighted by Crippen LogP contribution is 2.27. The van der Waals surface area contributed by atoms with Gasteiger partial charge in [-0.25, -0.2) is 0 Å². The van der Waals surface area contributed by atoms with Crippen LogP contribution in [0.2, 0.25) is 0 Å². The lowest BCUT2D eigenvalue weighted by Gasteiger charge is -2.18. The number of aromatic hydroxyl groups is 1. The zero-order chi connectivity index (χ0) is 17.5. The molecule has 1 N–H and O–H groups in total. The van der Waals surface area contributed by atoms with Crippen LogP contribution >= 0.6 is 11.8 Å². The molecule has 24 heavy (non-hydrogen) atoms. The van der Waals surface area contributed by atoms with E-state index in [4.69, 9.17) is 0 Å². The highest BCUT2D eigenvalue weighted by molar-refractivity contribution is 8.00. The Balaban J connectivity index is 2.12. The van der Waals surface area contributed by atoms with Gasteiger partial charge in [-0.3, -0.25) is 0 Å². The van der Waals surface area contributed by atoms with Crippen LogP contribution in [0.5, 0.6) is 5.75 Å². The number of para-hydroxylation sites is 1. The van der Waals surface area contributed by atoms with E-state index < -0.39 is 0 Å². The summed E-state index contributed by atoms with van der Waals surface area (Å²) in [6.45, 7) is 9.19. The third kappa shape index (κ3) is 5.71. The van der Waals surface area contributed by atoms with E-state index in [0.29, 0.717) is 17.6 Å². The standard InChI is InChI=1S/C21H28OSSi/c1-15(2)12-17-8-7-11-21(18(17)13-16(3)4)24-14-23-20-10-6-5-9-19(20)22/h5-11,15-16,22H,12-14H2,1-4H3. The third-order valence-corrected chi connectivity index (χ3v) is 6.53. The third-order valence-electron chi connectivity index (χ3n) is 3.87. The van der Waals surface area contributed by atoms with Gasteiger partial charge in [0, 0.05) is 4.90 Å². The van der Waals surface area contributed by atoms with Gasteiger partial charge >= 0.3 is 0 Å². The molecule has 3 heteroatoms. The van der Waals surface area contributed by atoms with Crippen molar-refractivity contribution in [3.8, 4) is 5.75 Å². The SMILES string of the molecule is CC(C)Cc1cccc([Si]CSc2ccccc2O)c1CC(C)C. The number of hydrogen-bond acceptors (Lipinski definition) is 2. The van der Waals surface area contributed by atoms with Crippen molar-refractivity contribution >= 4 is 26.5 Å². The summed E-state index contributed by atoms with van der Waals surface area (Å²) in [5.41, 5.74) is 3.09. The van der Waals surface area contributed by atoms with Crippen molar-refractivity contribution in [1.82, 2.24) is 0 Å². The Morgan fingerprint density at radius 3 is 2.29 bits per heavy atom. The van der Waals surface area contributed by atoms with Crippen LogP contribution in [0.15, 0.2) is 47.4 Å². The average Bonchev–Trinajstić information content (AvgIpc) is 2.51. The van der Waals surface area contributed by atoms with Gasteiger partial charge in [0.15, 0.2) is 0 Å². The molecule has 2 radical (unpaired) electrons. The molecule has 0 spiro atoms. The zero-order valence-electron chi connectivity index (χ0n) is 15.2. The number of phenolic OH excluding ortho intramolecular Hbond substituents is 1. The summed E-state index contributed by atoms with van der Waals surface area (Å²) in [5.74, 6) is 1.75. The fraction of sp³-hybridized carbons (Fsp3) is 0.429. The first-order valence-electron chi connectivity index (χ1n) is 8.72. The van der Waals surface area contributed by atoms with Gasteiger partial charge < -0.3 is 5.11 Å². The molecule has 0 fully saturated rings. The van der Waals surface area contributed by atoms with Crippen molar-refractivity contribution in [2.75, 3.05) is 5.38 Å². The van der Waals surface area contributed by atoms with E-state index in [2.05, 4.69) is 45.9 Å². The molecule has 0 amide bonds. The highest BCUT2D eigenvalue weighted by Gasteiger charge is 2.12. The summed E-state index contributed by atoms with van der Waals surface area (Å²) in [7, 11) is 0.770. The Bertz CT molecular complexity index is 652. The second-order valence-corrected chi connectivity index (χ2v) is 9.85. The van der Waals surface area contributed by atoms with Crippen LogP contribution in [0, 0.1) is 11.8 Å². The van der Waals surface area contributed by atoms with Gasteiger partial charge in [0.25, 0.3) is 0 Å². The van der Waals surface area contributed by atoms with Gasteiger partial charge in [-0.2, -0.15) is 0 Å². The maximum atomic E-state index is 9.91. The van der Waals surface area contributed by atoms with E-state index in [9.17, 15) is 5.11 Å². The Morgan fingerprint density at radius 1 is 0.917 bits per heavy atom. The first-order chi connectivity index (χ1) is 11.5. The summed E-state index contributed by atoms with van der Waals surface area (Å²) >= 11 is 1.75. The lowest BCUT2D eigenvalue weighted by atomic mass is 9.93. The van der Waals surface area contributed by atoms with Crippen molar-refractivity contribution in [3.05, 3.63) is 53.6 Å². The van der Waals surface area contributed by atoms with E-state index in [0.717, 1.165) is 32.6 Å². The molecule has 0 aliphatic heterocycles. The average molecular weight is 357 g/mol. The fourth-order valence-electron chi connectivity index (χ4n) is 2.85. The van der Waals surface area contributed by atoms with Crippen molar-refractivity contribution in [2.45, 2.75) is 45.4 Å². The van der Waals surface area contributed by atoms with E-state index in [-0.39, 0.29) is 0 Å². The minimum absolute atomic E-state index is 0.392. The summed E-state index contributed by atoms with van der Waals surface area (Å²) in [4.78, 5) is 0.980. The summed E-state index contributed by atoms with van der Waals surface area (Å²) < 4.78 is 0. The largest absolute Gasteiger partial charge is 0.507 e. The molecule has 0 aliphatic carbocycles. The normalized spacial score (nSPS) is 11.4. The molecule has 0 atom stereocenters. The van der Waals surface area contributed by atoms with E-state index in [1.165, 1.54) is 10.8 Å². The molecule has 0 bridgehead atoms. The van der Waals surface area contributed by atoms with Crippen molar-refractivity contribution in [2.24, 2.45) is 11.8 Å². The van der Waals surface area contributed by atoms with E-state index in [1.54, 1.807) is 23.4 Å². The van der Waals surface area contributed by atoms with Crippen LogP contribution in [0.4, 0.5) is 0 Å². The number of hydrogen-bond donors (Lipinski definition) is 1. The molecule has 1 nitrogen and oxygen atoms in total. The highest BCUT2D eigenvalue weighted by atomic mass is 32.2. The second-order valence-electron chi connectivity index (χ2n) is 7.07. The Hall–Kier alpha value is -1.19. The molecule has 0 unspecified atom stereocenters. The lowest BCUT2D eigenvalue weighted by Crippen LogP contribution is -2.24. The number of thioether (sulfide) groups is 1. The Labute approximate surface area is 153 Å². The first-order valence-corrected chi connectivity index (χ1v) is 10.9.